The summed E-state index contributed by atoms with van der Waals surface area (Å²) in [7, 11) is 0. The first-order valence-corrected chi connectivity index (χ1v) is 4.51. The Kier molecular flexibility index (Phi) is 2.74. The van der Waals surface area contributed by atoms with Crippen molar-refractivity contribution in [3.63, 3.8) is 0 Å². The Morgan fingerprint density at radius 3 is 2.59 bits per heavy atom. The third-order valence-corrected chi connectivity index (χ3v) is 1.94. The summed E-state index contributed by atoms with van der Waals surface area (Å²) >= 11 is 0. The van der Waals surface area contributed by atoms with Crippen LogP contribution < -0.4 is 4.74 Å². The van der Waals surface area contributed by atoms with Crippen molar-refractivity contribution in [2.75, 3.05) is 0 Å². The second-order valence-corrected chi connectivity index (χ2v) is 3.10. The van der Waals surface area contributed by atoms with Crippen molar-refractivity contribution in [1.29, 1.82) is 0 Å². The van der Waals surface area contributed by atoms with Crippen molar-refractivity contribution in [3.05, 3.63) is 36.4 Å². The highest BCUT2D eigenvalue weighted by Gasteiger charge is 2.34. The lowest BCUT2D eigenvalue weighted by atomic mass is 10.2. The van der Waals surface area contributed by atoms with Gasteiger partial charge in [0.25, 0.3) is 0 Å². The van der Waals surface area contributed by atoms with Gasteiger partial charge in [0.1, 0.15) is 5.82 Å². The average molecular weight is 246 g/mol. The van der Waals surface area contributed by atoms with E-state index in [0.29, 0.717) is 0 Å². The molecule has 0 spiro atoms. The van der Waals surface area contributed by atoms with E-state index in [-0.39, 0.29) is 11.4 Å². The van der Waals surface area contributed by atoms with Crippen LogP contribution in [0.3, 0.4) is 0 Å². The molecule has 1 aromatic carbocycles. The highest BCUT2D eigenvalue weighted by molar-refractivity contribution is 5.64. The first-order valence-electron chi connectivity index (χ1n) is 4.51. The van der Waals surface area contributed by atoms with E-state index in [0.717, 1.165) is 6.07 Å². The van der Waals surface area contributed by atoms with Gasteiger partial charge in [-0.2, -0.15) is 0 Å². The Hall–Kier alpha value is -2.05. The zero-order valence-electron chi connectivity index (χ0n) is 8.25. The maximum absolute atomic E-state index is 13.3. The van der Waals surface area contributed by atoms with Crippen LogP contribution in [0.4, 0.5) is 17.6 Å². The number of aromatic nitrogens is 2. The molecule has 0 fully saturated rings. The van der Waals surface area contributed by atoms with Crippen molar-refractivity contribution in [1.82, 2.24) is 9.97 Å². The second kappa shape index (κ2) is 4.08. The van der Waals surface area contributed by atoms with Gasteiger partial charge < -0.3 is 9.72 Å². The first-order chi connectivity index (χ1) is 7.97. The van der Waals surface area contributed by atoms with Gasteiger partial charge in [0.15, 0.2) is 11.6 Å². The summed E-state index contributed by atoms with van der Waals surface area (Å²) in [6.07, 6.45) is -2.20. The van der Waals surface area contributed by atoms with Crippen LogP contribution in [0.25, 0.3) is 11.4 Å². The minimum absolute atomic E-state index is 0.0904. The van der Waals surface area contributed by atoms with Gasteiger partial charge in [0.05, 0.1) is 5.56 Å². The van der Waals surface area contributed by atoms with Gasteiger partial charge in [-0.15, -0.1) is 13.2 Å². The Balaban J connectivity index is 2.49. The minimum atomic E-state index is -4.95. The normalized spacial score (nSPS) is 11.5. The number of nitrogens with zero attached hydrogens (tertiary/aromatic N) is 1. The topological polar surface area (TPSA) is 37.9 Å². The van der Waals surface area contributed by atoms with E-state index in [4.69, 9.17) is 0 Å². The van der Waals surface area contributed by atoms with E-state index in [1.807, 2.05) is 0 Å². The SMILES string of the molecule is Fc1cccc(-c2ncc[nH]2)c1OC(F)(F)F. The minimum Gasteiger partial charge on any atom is -0.402 e. The van der Waals surface area contributed by atoms with Gasteiger partial charge in [-0.05, 0) is 12.1 Å². The summed E-state index contributed by atoms with van der Waals surface area (Å²) < 4.78 is 53.3. The number of aromatic amines is 1. The zero-order valence-corrected chi connectivity index (χ0v) is 8.25. The van der Waals surface area contributed by atoms with Gasteiger partial charge in [-0.3, -0.25) is 0 Å². The lowest BCUT2D eigenvalue weighted by Crippen LogP contribution is -2.18. The Labute approximate surface area is 93.1 Å². The quantitative estimate of drug-likeness (QED) is 0.826. The number of nitrogens with one attached hydrogen (secondary N) is 1. The molecule has 2 rings (SSSR count). The number of imidazole rings is 1. The third kappa shape index (κ3) is 2.55. The predicted octanol–water partition coefficient (Wildman–Crippen LogP) is 3.11. The number of H-pyrrole nitrogens is 1. The molecular formula is C10H6F4N2O. The van der Waals surface area contributed by atoms with E-state index in [9.17, 15) is 17.6 Å². The van der Waals surface area contributed by atoms with Crippen molar-refractivity contribution < 1.29 is 22.3 Å². The molecule has 0 saturated carbocycles. The van der Waals surface area contributed by atoms with Crippen LogP contribution in [-0.2, 0) is 0 Å². The van der Waals surface area contributed by atoms with Crippen molar-refractivity contribution in [3.8, 4) is 17.1 Å². The fraction of sp³-hybridized carbons (Fsp3) is 0.100. The predicted molar refractivity (Wildman–Crippen MR) is 50.7 cm³/mol. The standard InChI is InChI=1S/C10H6F4N2O/c11-7-3-1-2-6(9-15-4-5-16-9)8(7)17-10(12,13)14/h1-5H,(H,15,16). The Bertz CT molecular complexity index is 508. The molecule has 1 N–H and O–H groups in total. The summed E-state index contributed by atoms with van der Waals surface area (Å²) in [5.74, 6) is -1.89. The fourth-order valence-corrected chi connectivity index (χ4v) is 1.33. The molecular weight excluding hydrogens is 240 g/mol. The molecule has 3 nitrogen and oxygen atoms in total. The van der Waals surface area contributed by atoms with Crippen LogP contribution in [0.5, 0.6) is 5.75 Å². The van der Waals surface area contributed by atoms with E-state index in [1.54, 1.807) is 0 Å². The fourth-order valence-electron chi connectivity index (χ4n) is 1.33. The van der Waals surface area contributed by atoms with E-state index >= 15 is 0 Å². The van der Waals surface area contributed by atoms with E-state index in [2.05, 4.69) is 14.7 Å². The molecule has 1 aromatic heterocycles. The smallest absolute Gasteiger partial charge is 0.402 e. The summed E-state index contributed by atoms with van der Waals surface area (Å²) in [6.45, 7) is 0. The van der Waals surface area contributed by atoms with E-state index in [1.165, 1.54) is 24.5 Å². The summed E-state index contributed by atoms with van der Waals surface area (Å²) in [5, 5.41) is 0. The third-order valence-electron chi connectivity index (χ3n) is 1.94. The van der Waals surface area contributed by atoms with Crippen LogP contribution in [-0.4, -0.2) is 16.3 Å². The van der Waals surface area contributed by atoms with Gasteiger partial charge in [0.2, 0.25) is 0 Å². The Morgan fingerprint density at radius 1 is 1.24 bits per heavy atom. The lowest BCUT2D eigenvalue weighted by Gasteiger charge is -2.12. The largest absolute Gasteiger partial charge is 0.573 e. The zero-order chi connectivity index (χ0) is 12.5. The molecule has 0 atom stereocenters. The summed E-state index contributed by atoms with van der Waals surface area (Å²) in [6, 6.07) is 3.44. The maximum atomic E-state index is 13.3. The molecule has 2 aromatic rings. The second-order valence-electron chi connectivity index (χ2n) is 3.10. The number of halogens is 4. The molecule has 90 valence electrons. The number of alkyl halides is 3. The van der Waals surface area contributed by atoms with Crippen molar-refractivity contribution in [2.24, 2.45) is 0 Å². The van der Waals surface area contributed by atoms with E-state index < -0.39 is 17.9 Å². The molecule has 0 radical (unpaired) electrons. The van der Waals surface area contributed by atoms with Crippen LogP contribution in [0.1, 0.15) is 0 Å². The number of benzene rings is 1. The molecule has 17 heavy (non-hydrogen) atoms. The van der Waals surface area contributed by atoms with Gasteiger partial charge >= 0.3 is 6.36 Å². The lowest BCUT2D eigenvalue weighted by molar-refractivity contribution is -0.275. The van der Waals surface area contributed by atoms with Crippen LogP contribution in [0.2, 0.25) is 0 Å². The van der Waals surface area contributed by atoms with Crippen LogP contribution >= 0.6 is 0 Å². The highest BCUT2D eigenvalue weighted by Crippen LogP contribution is 2.34. The maximum Gasteiger partial charge on any atom is 0.573 e. The molecule has 0 unspecified atom stereocenters. The molecule has 0 aliphatic rings. The molecule has 1 heterocycles. The molecule has 0 aliphatic carbocycles. The first kappa shape index (κ1) is 11.4. The number of hydrogen-bond donors (Lipinski definition) is 1. The van der Waals surface area contributed by atoms with Gasteiger partial charge in [-0.25, -0.2) is 9.37 Å². The van der Waals surface area contributed by atoms with Crippen LogP contribution in [0, 0.1) is 5.82 Å². The van der Waals surface area contributed by atoms with Crippen molar-refractivity contribution >= 4 is 0 Å². The molecule has 7 heteroatoms. The summed E-state index contributed by atoms with van der Waals surface area (Å²) in [5.41, 5.74) is -0.0904. The number of ether oxygens (including phenoxy) is 1. The molecule has 0 saturated heterocycles. The molecule has 0 bridgehead atoms. The molecule has 0 amide bonds. The monoisotopic (exact) mass is 246 g/mol. The number of rotatable bonds is 2. The number of hydrogen-bond acceptors (Lipinski definition) is 2. The number of para-hydroxylation sites is 1. The average Bonchev–Trinajstić information content (AvgIpc) is 2.72. The summed E-state index contributed by atoms with van der Waals surface area (Å²) in [4.78, 5) is 6.33. The Morgan fingerprint density at radius 2 is 2.00 bits per heavy atom. The van der Waals surface area contributed by atoms with Gasteiger partial charge in [0, 0.05) is 12.4 Å². The van der Waals surface area contributed by atoms with Crippen molar-refractivity contribution in [2.45, 2.75) is 6.36 Å². The van der Waals surface area contributed by atoms with Crippen LogP contribution in [0.15, 0.2) is 30.6 Å². The molecule has 0 aliphatic heterocycles. The van der Waals surface area contributed by atoms with Gasteiger partial charge in [-0.1, -0.05) is 6.07 Å². The highest BCUT2D eigenvalue weighted by atomic mass is 19.4.